The number of amides is 3. The van der Waals surface area contributed by atoms with Crippen molar-refractivity contribution < 1.29 is 14.0 Å². The third kappa shape index (κ3) is 3.03. The van der Waals surface area contributed by atoms with Crippen molar-refractivity contribution in [3.05, 3.63) is 53.1 Å². The second kappa shape index (κ2) is 6.56. The van der Waals surface area contributed by atoms with Crippen molar-refractivity contribution in [1.82, 2.24) is 20.4 Å². The van der Waals surface area contributed by atoms with E-state index in [1.54, 1.807) is 19.1 Å². The molecule has 0 radical (unpaired) electrons. The lowest BCUT2D eigenvalue weighted by atomic mass is 9.98. The van der Waals surface area contributed by atoms with E-state index < -0.39 is 11.6 Å². The Bertz CT molecular complexity index is 996. The Morgan fingerprint density at radius 1 is 1.39 bits per heavy atom. The van der Waals surface area contributed by atoms with Gasteiger partial charge in [-0.25, -0.2) is 9.18 Å². The first-order chi connectivity index (χ1) is 13.4. The predicted molar refractivity (Wildman–Crippen MR) is 96.3 cm³/mol. The molecular weight excluding hydrogens is 363 g/mol. The minimum Gasteiger partial charge on any atom is -0.346 e. The van der Waals surface area contributed by atoms with Crippen molar-refractivity contribution in [2.24, 2.45) is 0 Å². The molecule has 1 aromatic carbocycles. The molecule has 0 unspecified atom stereocenters. The Labute approximate surface area is 160 Å². The van der Waals surface area contributed by atoms with Gasteiger partial charge in [-0.05, 0) is 50.1 Å². The van der Waals surface area contributed by atoms with E-state index in [4.69, 9.17) is 5.26 Å². The summed E-state index contributed by atoms with van der Waals surface area (Å²) in [6.07, 6.45) is 1.36. The highest BCUT2D eigenvalue weighted by molar-refractivity contribution is 5.96. The van der Waals surface area contributed by atoms with E-state index in [0.29, 0.717) is 29.8 Å². The molecule has 0 saturated heterocycles. The van der Waals surface area contributed by atoms with Crippen LogP contribution >= 0.6 is 0 Å². The van der Waals surface area contributed by atoms with Crippen molar-refractivity contribution in [3.8, 4) is 6.07 Å². The first kappa shape index (κ1) is 17.9. The van der Waals surface area contributed by atoms with Gasteiger partial charge < -0.3 is 15.5 Å². The number of rotatable bonds is 4. The van der Waals surface area contributed by atoms with Crippen LogP contribution in [0.2, 0.25) is 0 Å². The third-order valence-corrected chi connectivity index (χ3v) is 5.13. The van der Waals surface area contributed by atoms with E-state index in [9.17, 15) is 14.0 Å². The van der Waals surface area contributed by atoms with E-state index in [2.05, 4.69) is 20.8 Å². The van der Waals surface area contributed by atoms with Gasteiger partial charge in [0.05, 0.1) is 17.3 Å². The number of carbonyl (C=O) groups is 2. The van der Waals surface area contributed by atoms with Gasteiger partial charge >= 0.3 is 6.03 Å². The number of benzene rings is 1. The highest BCUT2D eigenvalue weighted by Gasteiger charge is 2.55. The van der Waals surface area contributed by atoms with E-state index >= 15 is 0 Å². The van der Waals surface area contributed by atoms with Crippen LogP contribution < -0.4 is 10.6 Å². The maximum Gasteiger partial charge on any atom is 0.323 e. The number of urea groups is 1. The van der Waals surface area contributed by atoms with E-state index in [1.165, 1.54) is 23.1 Å². The molecule has 1 aliphatic carbocycles. The molecule has 2 N–H and O–H groups in total. The van der Waals surface area contributed by atoms with Crippen LogP contribution in [0.4, 0.5) is 14.9 Å². The highest BCUT2D eigenvalue weighted by atomic mass is 19.1. The maximum atomic E-state index is 13.7. The summed E-state index contributed by atoms with van der Waals surface area (Å²) >= 11 is 0. The number of nitrogens with one attached hydrogen (secondary N) is 2. The average molecular weight is 380 g/mol. The van der Waals surface area contributed by atoms with Gasteiger partial charge in [-0.15, -0.1) is 5.10 Å². The summed E-state index contributed by atoms with van der Waals surface area (Å²) in [7, 11) is 0. The Hall–Kier alpha value is -3.54. The number of fused-ring (bicyclic) bond motifs is 2. The molecule has 8 nitrogen and oxygen atoms in total. The van der Waals surface area contributed by atoms with Gasteiger partial charge in [0.25, 0.3) is 0 Å². The van der Waals surface area contributed by atoms with Gasteiger partial charge in [0, 0.05) is 11.3 Å². The Balaban J connectivity index is 1.48. The molecule has 1 aromatic heterocycles. The summed E-state index contributed by atoms with van der Waals surface area (Å²) in [6, 6.07) is 8.47. The molecule has 1 atom stereocenters. The highest BCUT2D eigenvalue weighted by Crippen LogP contribution is 2.55. The van der Waals surface area contributed by atoms with Gasteiger partial charge in [0.15, 0.2) is 5.69 Å². The quantitative estimate of drug-likeness (QED) is 0.845. The SMILES string of the molecule is C[C@@H](NC(=O)CN1C(=O)Nc2ccc(F)cc2C12CC2)c1ccc(C#N)nn1. The fraction of sp³-hybridized carbons (Fsp3) is 0.316. The van der Waals surface area contributed by atoms with Gasteiger partial charge in [-0.3, -0.25) is 4.79 Å². The van der Waals surface area contributed by atoms with Gasteiger partial charge in [0.2, 0.25) is 5.91 Å². The number of hydrogen-bond donors (Lipinski definition) is 2. The molecule has 1 aliphatic heterocycles. The third-order valence-electron chi connectivity index (χ3n) is 5.13. The molecule has 2 aliphatic rings. The molecule has 1 saturated carbocycles. The zero-order valence-corrected chi connectivity index (χ0v) is 15.1. The van der Waals surface area contributed by atoms with Crippen LogP contribution in [0.1, 0.15) is 42.8 Å². The molecule has 4 rings (SSSR count). The van der Waals surface area contributed by atoms with Crippen LogP contribution in [0.25, 0.3) is 0 Å². The van der Waals surface area contributed by atoms with Crippen LogP contribution in [0.15, 0.2) is 30.3 Å². The standard InChI is InChI=1S/C19H17FN6O2/c1-11(15-5-3-13(9-21)24-25-15)22-17(27)10-26-18(28)23-16-4-2-12(20)8-14(16)19(26)6-7-19/h2-5,8,11H,6-7,10H2,1H3,(H,22,27)(H,23,28)/t11-/m1/s1. The maximum absolute atomic E-state index is 13.7. The Morgan fingerprint density at radius 3 is 2.82 bits per heavy atom. The first-order valence-electron chi connectivity index (χ1n) is 8.85. The van der Waals surface area contributed by atoms with Gasteiger partial charge in [-0.1, -0.05) is 0 Å². The number of carbonyl (C=O) groups excluding carboxylic acids is 2. The van der Waals surface area contributed by atoms with Crippen LogP contribution in [-0.2, 0) is 10.3 Å². The van der Waals surface area contributed by atoms with Crippen molar-refractivity contribution >= 4 is 17.6 Å². The number of aromatic nitrogens is 2. The fourth-order valence-corrected chi connectivity index (χ4v) is 3.55. The van der Waals surface area contributed by atoms with Crippen molar-refractivity contribution in [2.45, 2.75) is 31.3 Å². The van der Waals surface area contributed by atoms with Crippen molar-refractivity contribution in [3.63, 3.8) is 0 Å². The van der Waals surface area contributed by atoms with Gasteiger partial charge in [0.1, 0.15) is 18.4 Å². The second-order valence-electron chi connectivity index (χ2n) is 6.98. The topological polar surface area (TPSA) is 111 Å². The molecule has 9 heteroatoms. The van der Waals surface area contributed by atoms with Crippen LogP contribution in [0, 0.1) is 17.1 Å². The Kier molecular flexibility index (Phi) is 4.19. The molecular formula is C19H17FN6O2. The van der Waals surface area contributed by atoms with Gasteiger partial charge in [-0.2, -0.15) is 10.4 Å². The Morgan fingerprint density at radius 2 is 2.18 bits per heavy atom. The summed E-state index contributed by atoms with van der Waals surface area (Å²) in [5.41, 5.74) is 1.35. The van der Waals surface area contributed by atoms with Crippen molar-refractivity contribution in [2.75, 3.05) is 11.9 Å². The van der Waals surface area contributed by atoms with E-state index in [-0.39, 0.29) is 30.0 Å². The zero-order chi connectivity index (χ0) is 19.9. The molecule has 142 valence electrons. The molecule has 0 bridgehead atoms. The average Bonchev–Trinajstić information content (AvgIpc) is 3.47. The summed E-state index contributed by atoms with van der Waals surface area (Å²) in [6.45, 7) is 1.58. The summed E-state index contributed by atoms with van der Waals surface area (Å²) < 4.78 is 13.7. The lowest BCUT2D eigenvalue weighted by molar-refractivity contribution is -0.123. The lowest BCUT2D eigenvalue weighted by Crippen LogP contribution is -2.51. The lowest BCUT2D eigenvalue weighted by Gasteiger charge is -2.37. The fourth-order valence-electron chi connectivity index (χ4n) is 3.55. The number of nitrogens with zero attached hydrogens (tertiary/aromatic N) is 4. The van der Waals surface area contributed by atoms with Crippen molar-refractivity contribution in [1.29, 1.82) is 5.26 Å². The zero-order valence-electron chi connectivity index (χ0n) is 15.1. The minimum absolute atomic E-state index is 0.157. The first-order valence-corrected chi connectivity index (χ1v) is 8.85. The number of nitriles is 1. The summed E-state index contributed by atoms with van der Waals surface area (Å²) in [5.74, 6) is -0.737. The molecule has 3 amide bonds. The normalized spacial score (nSPS) is 17.3. The molecule has 1 spiro atoms. The summed E-state index contributed by atoms with van der Waals surface area (Å²) in [4.78, 5) is 26.6. The van der Waals surface area contributed by atoms with Crippen LogP contribution in [0.5, 0.6) is 0 Å². The van der Waals surface area contributed by atoms with Crippen LogP contribution in [0.3, 0.4) is 0 Å². The second-order valence-corrected chi connectivity index (χ2v) is 6.98. The van der Waals surface area contributed by atoms with E-state index in [0.717, 1.165) is 0 Å². The summed E-state index contributed by atoms with van der Waals surface area (Å²) in [5, 5.41) is 21.9. The smallest absolute Gasteiger partial charge is 0.323 e. The molecule has 2 aromatic rings. The molecule has 1 fully saturated rings. The number of halogens is 1. The molecule has 2 heterocycles. The number of hydrogen-bond acceptors (Lipinski definition) is 5. The predicted octanol–water partition coefficient (Wildman–Crippen LogP) is 2.20. The molecule has 28 heavy (non-hydrogen) atoms. The largest absolute Gasteiger partial charge is 0.346 e. The van der Waals surface area contributed by atoms with Crippen LogP contribution in [-0.4, -0.2) is 33.6 Å². The number of anilines is 1. The monoisotopic (exact) mass is 380 g/mol. The minimum atomic E-state index is -0.630. The van der Waals surface area contributed by atoms with E-state index in [1.807, 2.05) is 6.07 Å².